The Kier molecular flexibility index (Phi) is 4.42. The van der Waals surface area contributed by atoms with Crippen LogP contribution in [-0.4, -0.2) is 13.0 Å². The summed E-state index contributed by atoms with van der Waals surface area (Å²) in [5, 5.41) is 3.62. The molecule has 3 nitrogen and oxygen atoms in total. The lowest BCUT2D eigenvalue weighted by Gasteiger charge is -2.06. The Bertz CT molecular complexity index is 567. The van der Waals surface area contributed by atoms with Gasteiger partial charge in [-0.15, -0.1) is 0 Å². The van der Waals surface area contributed by atoms with Crippen molar-refractivity contribution in [3.8, 4) is 0 Å². The summed E-state index contributed by atoms with van der Waals surface area (Å²) >= 11 is 5.86. The molecule has 0 fully saturated rings. The number of nitrogens with one attached hydrogen (secondary N) is 1. The van der Waals surface area contributed by atoms with Crippen molar-refractivity contribution in [2.24, 2.45) is 0 Å². The van der Waals surface area contributed by atoms with E-state index in [1.807, 2.05) is 31.3 Å². The molecule has 0 heterocycles. The molecule has 0 amide bonds. The summed E-state index contributed by atoms with van der Waals surface area (Å²) in [6.07, 6.45) is 0. The minimum atomic E-state index is -0.345. The van der Waals surface area contributed by atoms with Crippen LogP contribution in [0.15, 0.2) is 48.5 Å². The van der Waals surface area contributed by atoms with E-state index in [1.54, 1.807) is 24.3 Å². The molecule has 0 atom stereocenters. The van der Waals surface area contributed by atoms with Gasteiger partial charge in [0, 0.05) is 17.8 Å². The molecular formula is C15H14ClNO2. The Balaban J connectivity index is 1.97. The van der Waals surface area contributed by atoms with E-state index in [1.165, 1.54) is 0 Å². The first-order chi connectivity index (χ1) is 9.19. The molecule has 0 spiro atoms. The van der Waals surface area contributed by atoms with E-state index in [-0.39, 0.29) is 12.6 Å². The molecule has 0 aromatic heterocycles. The van der Waals surface area contributed by atoms with Crippen LogP contribution in [0.25, 0.3) is 0 Å². The van der Waals surface area contributed by atoms with E-state index in [4.69, 9.17) is 16.3 Å². The first-order valence-corrected chi connectivity index (χ1v) is 6.26. The molecule has 98 valence electrons. The zero-order valence-electron chi connectivity index (χ0n) is 10.5. The number of benzene rings is 2. The molecule has 19 heavy (non-hydrogen) atoms. The molecule has 0 aliphatic rings. The van der Waals surface area contributed by atoms with Crippen LogP contribution in [0.1, 0.15) is 15.9 Å². The predicted octanol–water partition coefficient (Wildman–Crippen LogP) is 3.74. The third-order valence-corrected chi connectivity index (χ3v) is 2.90. The number of hydrogen-bond donors (Lipinski definition) is 1. The van der Waals surface area contributed by atoms with Gasteiger partial charge in [0.25, 0.3) is 0 Å². The van der Waals surface area contributed by atoms with Crippen molar-refractivity contribution >= 4 is 23.3 Å². The van der Waals surface area contributed by atoms with E-state index in [0.717, 1.165) is 11.3 Å². The largest absolute Gasteiger partial charge is 0.457 e. The third kappa shape index (κ3) is 3.73. The quantitative estimate of drug-likeness (QED) is 0.864. The number of carbonyl (C=O) groups is 1. The van der Waals surface area contributed by atoms with Gasteiger partial charge in [-0.2, -0.15) is 0 Å². The van der Waals surface area contributed by atoms with Crippen LogP contribution >= 0.6 is 11.6 Å². The van der Waals surface area contributed by atoms with Crippen LogP contribution < -0.4 is 5.32 Å². The van der Waals surface area contributed by atoms with Gasteiger partial charge in [-0.3, -0.25) is 0 Å². The van der Waals surface area contributed by atoms with Crippen molar-refractivity contribution in [2.45, 2.75) is 6.61 Å². The van der Waals surface area contributed by atoms with Crippen LogP contribution in [0.3, 0.4) is 0 Å². The van der Waals surface area contributed by atoms with Crippen LogP contribution in [-0.2, 0) is 11.3 Å². The fourth-order valence-corrected chi connectivity index (χ4v) is 1.84. The van der Waals surface area contributed by atoms with Gasteiger partial charge in [-0.25, -0.2) is 4.79 Å². The number of anilines is 1. The lowest BCUT2D eigenvalue weighted by Crippen LogP contribution is -2.05. The summed E-state index contributed by atoms with van der Waals surface area (Å²) in [6.45, 7) is 0.215. The number of carbonyl (C=O) groups excluding carboxylic acids is 1. The van der Waals surface area contributed by atoms with Crippen molar-refractivity contribution in [3.05, 3.63) is 64.7 Å². The minimum absolute atomic E-state index is 0.215. The first kappa shape index (κ1) is 13.4. The minimum Gasteiger partial charge on any atom is -0.457 e. The van der Waals surface area contributed by atoms with Gasteiger partial charge in [0.05, 0.1) is 5.56 Å². The predicted molar refractivity (Wildman–Crippen MR) is 76.6 cm³/mol. The van der Waals surface area contributed by atoms with Gasteiger partial charge < -0.3 is 10.1 Å². The van der Waals surface area contributed by atoms with Crippen molar-refractivity contribution < 1.29 is 9.53 Å². The summed E-state index contributed by atoms with van der Waals surface area (Å²) < 4.78 is 5.22. The Morgan fingerprint density at radius 1 is 1.21 bits per heavy atom. The Morgan fingerprint density at radius 3 is 2.58 bits per heavy atom. The molecule has 4 heteroatoms. The number of esters is 1. The molecule has 0 saturated heterocycles. The maximum atomic E-state index is 11.8. The van der Waals surface area contributed by atoms with E-state index in [2.05, 4.69) is 5.32 Å². The SMILES string of the molecule is CNc1ccc(C(=O)OCc2cccc(Cl)c2)cc1. The highest BCUT2D eigenvalue weighted by Gasteiger charge is 2.07. The molecule has 2 aromatic carbocycles. The molecule has 2 aromatic rings. The normalized spacial score (nSPS) is 10.0. The molecule has 2 rings (SSSR count). The van der Waals surface area contributed by atoms with Crippen molar-refractivity contribution in [1.29, 1.82) is 0 Å². The molecule has 0 aliphatic carbocycles. The van der Waals surface area contributed by atoms with Gasteiger partial charge in [0.2, 0.25) is 0 Å². The second-order valence-electron chi connectivity index (χ2n) is 4.03. The Labute approximate surface area is 117 Å². The number of rotatable bonds is 4. The zero-order valence-corrected chi connectivity index (χ0v) is 11.3. The van der Waals surface area contributed by atoms with E-state index < -0.39 is 0 Å². The molecule has 0 unspecified atom stereocenters. The zero-order chi connectivity index (χ0) is 13.7. The van der Waals surface area contributed by atoms with Gasteiger partial charge in [-0.05, 0) is 42.0 Å². The highest BCUT2D eigenvalue weighted by Crippen LogP contribution is 2.13. The molecule has 0 saturated carbocycles. The van der Waals surface area contributed by atoms with Gasteiger partial charge in [0.1, 0.15) is 6.61 Å². The monoisotopic (exact) mass is 275 g/mol. The van der Waals surface area contributed by atoms with Crippen molar-refractivity contribution in [2.75, 3.05) is 12.4 Å². The fraction of sp³-hybridized carbons (Fsp3) is 0.133. The molecule has 0 radical (unpaired) electrons. The van der Waals surface area contributed by atoms with Crippen LogP contribution in [0.4, 0.5) is 5.69 Å². The molecule has 1 N–H and O–H groups in total. The topological polar surface area (TPSA) is 38.3 Å². The standard InChI is InChI=1S/C15H14ClNO2/c1-17-14-7-5-12(6-8-14)15(18)19-10-11-3-2-4-13(16)9-11/h2-9,17H,10H2,1H3. The lowest BCUT2D eigenvalue weighted by molar-refractivity contribution is 0.0473. The number of hydrogen-bond acceptors (Lipinski definition) is 3. The van der Waals surface area contributed by atoms with Gasteiger partial charge in [0.15, 0.2) is 0 Å². The van der Waals surface area contributed by atoms with Crippen LogP contribution in [0.2, 0.25) is 5.02 Å². The summed E-state index contributed by atoms with van der Waals surface area (Å²) in [4.78, 5) is 11.8. The van der Waals surface area contributed by atoms with Crippen molar-refractivity contribution in [1.82, 2.24) is 0 Å². The van der Waals surface area contributed by atoms with E-state index in [9.17, 15) is 4.79 Å². The summed E-state index contributed by atoms with van der Waals surface area (Å²) in [6, 6.07) is 14.4. The second kappa shape index (κ2) is 6.25. The average molecular weight is 276 g/mol. The number of ether oxygens (including phenoxy) is 1. The maximum absolute atomic E-state index is 11.8. The average Bonchev–Trinajstić information content (AvgIpc) is 2.45. The van der Waals surface area contributed by atoms with Crippen LogP contribution in [0, 0.1) is 0 Å². The highest BCUT2D eigenvalue weighted by atomic mass is 35.5. The maximum Gasteiger partial charge on any atom is 0.338 e. The van der Waals surface area contributed by atoms with Crippen LogP contribution in [0.5, 0.6) is 0 Å². The van der Waals surface area contributed by atoms with Gasteiger partial charge >= 0.3 is 5.97 Å². The highest BCUT2D eigenvalue weighted by molar-refractivity contribution is 6.30. The number of halogens is 1. The first-order valence-electron chi connectivity index (χ1n) is 5.88. The van der Waals surface area contributed by atoms with E-state index >= 15 is 0 Å². The summed E-state index contributed by atoms with van der Waals surface area (Å²) in [7, 11) is 1.83. The van der Waals surface area contributed by atoms with Gasteiger partial charge in [-0.1, -0.05) is 23.7 Å². The third-order valence-electron chi connectivity index (χ3n) is 2.67. The molecule has 0 aliphatic heterocycles. The van der Waals surface area contributed by atoms with E-state index in [0.29, 0.717) is 10.6 Å². The summed E-state index contributed by atoms with van der Waals surface area (Å²) in [5.74, 6) is -0.345. The Hall–Kier alpha value is -2.00. The second-order valence-corrected chi connectivity index (χ2v) is 4.47. The lowest BCUT2D eigenvalue weighted by atomic mass is 10.2. The molecular weight excluding hydrogens is 262 g/mol. The van der Waals surface area contributed by atoms with Crippen molar-refractivity contribution in [3.63, 3.8) is 0 Å². The molecule has 0 bridgehead atoms. The Morgan fingerprint density at radius 2 is 1.95 bits per heavy atom. The summed E-state index contributed by atoms with van der Waals surface area (Å²) in [5.41, 5.74) is 2.35. The smallest absolute Gasteiger partial charge is 0.338 e. The fourth-order valence-electron chi connectivity index (χ4n) is 1.63.